The molecular weight excluding hydrogens is 644 g/mol. The second-order valence-corrected chi connectivity index (χ2v) is 11.1. The molecule has 0 aromatic heterocycles. The first-order valence-corrected chi connectivity index (χ1v) is 15.2. The van der Waals surface area contributed by atoms with Gasteiger partial charge >= 0.3 is 41.8 Å². The third kappa shape index (κ3) is 12.5. The van der Waals surface area contributed by atoms with Crippen molar-refractivity contribution in [3.8, 4) is 0 Å². The Morgan fingerprint density at radius 2 is 0.917 bits per heavy atom. The number of carbonyl (C=O) groups is 7. The van der Waals surface area contributed by atoms with Gasteiger partial charge in [-0.05, 0) is 19.3 Å². The highest BCUT2D eigenvalue weighted by molar-refractivity contribution is 5.69. The van der Waals surface area contributed by atoms with Gasteiger partial charge in [-0.1, -0.05) is 6.08 Å². The normalized spacial score (nSPS) is 29.7. The summed E-state index contributed by atoms with van der Waals surface area (Å²) in [5.74, 6) is -5.54. The van der Waals surface area contributed by atoms with Crippen molar-refractivity contribution in [2.75, 3.05) is 13.2 Å². The molecule has 17 heteroatoms. The first kappa shape index (κ1) is 40.1. The summed E-state index contributed by atoms with van der Waals surface area (Å²) < 4.78 is 56.5. The summed E-state index contributed by atoms with van der Waals surface area (Å²) in [6.45, 7) is 10.4. The van der Waals surface area contributed by atoms with E-state index in [2.05, 4.69) is 6.58 Å². The number of unbranched alkanes of at least 4 members (excludes halogenated alkanes) is 1. The molecule has 2 saturated heterocycles. The van der Waals surface area contributed by atoms with E-state index in [0.29, 0.717) is 19.3 Å². The van der Waals surface area contributed by atoms with Gasteiger partial charge in [0.2, 0.25) is 0 Å². The largest absolute Gasteiger partial charge is 0.463 e. The molecule has 0 radical (unpaired) electrons. The summed E-state index contributed by atoms with van der Waals surface area (Å²) >= 11 is 0. The summed E-state index contributed by atoms with van der Waals surface area (Å²) in [7, 11) is 0. The summed E-state index contributed by atoms with van der Waals surface area (Å²) in [5, 5.41) is 0. The maximum Gasteiger partial charge on any atom is 0.303 e. The Balaban J connectivity index is 2.71. The third-order valence-corrected chi connectivity index (χ3v) is 6.92. The van der Waals surface area contributed by atoms with Gasteiger partial charge in [0, 0.05) is 48.5 Å². The molecule has 0 saturated carbocycles. The number of rotatable bonds is 15. The monoisotopic (exact) mass is 688 g/mol. The van der Waals surface area contributed by atoms with Gasteiger partial charge in [-0.2, -0.15) is 0 Å². The van der Waals surface area contributed by atoms with Gasteiger partial charge < -0.3 is 47.4 Å². The van der Waals surface area contributed by atoms with Crippen LogP contribution in [0.2, 0.25) is 0 Å². The smallest absolute Gasteiger partial charge is 0.303 e. The Morgan fingerprint density at radius 1 is 0.521 bits per heavy atom. The van der Waals surface area contributed by atoms with Crippen LogP contribution in [-0.2, 0) is 80.9 Å². The van der Waals surface area contributed by atoms with Gasteiger partial charge in [0.1, 0.15) is 31.5 Å². The van der Waals surface area contributed by atoms with Crippen molar-refractivity contribution in [2.24, 2.45) is 0 Å². The lowest BCUT2D eigenvalue weighted by Crippen LogP contribution is -2.67. The summed E-state index contributed by atoms with van der Waals surface area (Å²) in [5.41, 5.74) is 0. The minimum absolute atomic E-state index is 0.296. The highest BCUT2D eigenvalue weighted by Gasteiger charge is 2.57. The molecule has 0 bridgehead atoms. The maximum absolute atomic E-state index is 12.4. The molecule has 0 aromatic rings. The van der Waals surface area contributed by atoms with Crippen LogP contribution < -0.4 is 0 Å². The van der Waals surface area contributed by atoms with Crippen LogP contribution in [0.1, 0.15) is 67.7 Å². The molecule has 17 nitrogen and oxygen atoms in total. The zero-order valence-electron chi connectivity index (χ0n) is 28.0. The lowest BCUT2D eigenvalue weighted by molar-refractivity contribution is -0.345. The molecule has 0 N–H and O–H groups in total. The molecule has 0 aromatic carbocycles. The highest BCUT2D eigenvalue weighted by Crippen LogP contribution is 2.36. The summed E-state index contributed by atoms with van der Waals surface area (Å²) in [6, 6.07) is 0. The van der Waals surface area contributed by atoms with E-state index in [9.17, 15) is 33.6 Å². The third-order valence-electron chi connectivity index (χ3n) is 6.92. The fraction of sp³-hybridized carbons (Fsp3) is 0.710. The van der Waals surface area contributed by atoms with E-state index < -0.39 is 116 Å². The Morgan fingerprint density at radius 3 is 1.35 bits per heavy atom. The van der Waals surface area contributed by atoms with Crippen LogP contribution in [0.3, 0.4) is 0 Å². The molecule has 10 atom stereocenters. The molecule has 2 rings (SSSR count). The van der Waals surface area contributed by atoms with E-state index in [1.165, 1.54) is 0 Å². The SMILES string of the molecule is C=CCCC[C@@H]1O[C@H](COC(C)=O)[C@@H](O[C@@H]2O[C@H](COC(C)=O)[C@@H](OC(C)=O)[C@H](OC(C)=O)[C@H]2OC(C)=O)[C@H](OC(C)=O)[C@H]1OC(C)=O. The van der Waals surface area contributed by atoms with Gasteiger partial charge in [-0.3, -0.25) is 33.6 Å². The lowest BCUT2D eigenvalue weighted by Gasteiger charge is -2.49. The number of ether oxygens (including phenoxy) is 10. The van der Waals surface area contributed by atoms with Crippen molar-refractivity contribution >= 4 is 41.8 Å². The molecule has 2 aliphatic heterocycles. The first-order valence-electron chi connectivity index (χ1n) is 15.2. The first-order chi connectivity index (χ1) is 22.5. The number of esters is 7. The van der Waals surface area contributed by atoms with Crippen LogP contribution in [-0.4, -0.2) is 116 Å². The Hall–Kier alpha value is -4.09. The predicted octanol–water partition coefficient (Wildman–Crippen LogP) is 1.00. The quantitative estimate of drug-likeness (QED) is 0.102. The van der Waals surface area contributed by atoms with Crippen molar-refractivity contribution < 1.29 is 80.9 Å². The average molecular weight is 689 g/mol. The van der Waals surface area contributed by atoms with Crippen LogP contribution >= 0.6 is 0 Å². The van der Waals surface area contributed by atoms with Gasteiger partial charge in [-0.15, -0.1) is 6.58 Å². The zero-order valence-corrected chi connectivity index (χ0v) is 28.0. The van der Waals surface area contributed by atoms with Gasteiger partial charge in [-0.25, -0.2) is 0 Å². The summed E-state index contributed by atoms with van der Waals surface area (Å²) in [4.78, 5) is 85.0. The van der Waals surface area contributed by atoms with E-state index in [4.69, 9.17) is 47.4 Å². The number of hydrogen-bond acceptors (Lipinski definition) is 17. The number of carbonyl (C=O) groups excluding carboxylic acids is 7. The fourth-order valence-electron chi connectivity index (χ4n) is 5.30. The summed E-state index contributed by atoms with van der Waals surface area (Å²) in [6.07, 6.45) is -10.9. The highest BCUT2D eigenvalue weighted by atomic mass is 16.8. The van der Waals surface area contributed by atoms with E-state index in [1.54, 1.807) is 6.08 Å². The van der Waals surface area contributed by atoms with Gasteiger partial charge in [0.25, 0.3) is 0 Å². The molecule has 0 spiro atoms. The standard InChI is InChI=1S/C31H44O17/c1-9-10-11-12-22-25(41-17(4)34)28(43-19(6)36)27(23(46-22)13-39-15(2)32)48-31-30(45-21(8)38)29(44-20(7)37)26(42-18(5)35)24(47-31)14-40-16(3)33/h9,22-31H,1,10-14H2,2-8H3/t22-,23+,24+,25-,26+,27+,28+,29-,30+,31-/m0/s1. The van der Waals surface area contributed by atoms with Crippen LogP contribution in [0.15, 0.2) is 12.7 Å². The molecule has 2 heterocycles. The van der Waals surface area contributed by atoms with E-state index in [0.717, 1.165) is 48.5 Å². The zero-order chi connectivity index (χ0) is 36.1. The Kier molecular flexibility index (Phi) is 15.9. The average Bonchev–Trinajstić information content (AvgIpc) is 2.95. The second kappa shape index (κ2) is 19.0. The Labute approximate surface area is 277 Å². The lowest BCUT2D eigenvalue weighted by atomic mass is 9.91. The predicted molar refractivity (Wildman–Crippen MR) is 157 cm³/mol. The molecule has 48 heavy (non-hydrogen) atoms. The van der Waals surface area contributed by atoms with Gasteiger partial charge in [0.05, 0.1) is 6.10 Å². The van der Waals surface area contributed by atoms with Crippen molar-refractivity contribution in [1.82, 2.24) is 0 Å². The molecular formula is C31H44O17. The molecule has 0 unspecified atom stereocenters. The maximum atomic E-state index is 12.4. The van der Waals surface area contributed by atoms with E-state index in [-0.39, 0.29) is 0 Å². The molecule has 270 valence electrons. The number of allylic oxidation sites excluding steroid dienone is 1. The van der Waals surface area contributed by atoms with Crippen molar-refractivity contribution in [2.45, 2.75) is 129 Å². The van der Waals surface area contributed by atoms with E-state index in [1.807, 2.05) is 0 Å². The minimum atomic E-state index is -1.73. The topological polar surface area (TPSA) is 212 Å². The Bertz CT molecular complexity index is 1180. The number of hydrogen-bond donors (Lipinski definition) is 0. The van der Waals surface area contributed by atoms with Crippen molar-refractivity contribution in [3.63, 3.8) is 0 Å². The van der Waals surface area contributed by atoms with Crippen LogP contribution in [0.4, 0.5) is 0 Å². The second-order valence-electron chi connectivity index (χ2n) is 11.1. The van der Waals surface area contributed by atoms with Crippen molar-refractivity contribution in [1.29, 1.82) is 0 Å². The van der Waals surface area contributed by atoms with Gasteiger partial charge in [0.15, 0.2) is 36.8 Å². The van der Waals surface area contributed by atoms with Crippen LogP contribution in [0.25, 0.3) is 0 Å². The van der Waals surface area contributed by atoms with Crippen molar-refractivity contribution in [3.05, 3.63) is 12.7 Å². The molecule has 2 aliphatic rings. The van der Waals surface area contributed by atoms with Crippen LogP contribution in [0, 0.1) is 0 Å². The van der Waals surface area contributed by atoms with Crippen LogP contribution in [0.5, 0.6) is 0 Å². The molecule has 0 aliphatic carbocycles. The molecule has 0 amide bonds. The van der Waals surface area contributed by atoms with E-state index >= 15 is 0 Å². The molecule has 2 fully saturated rings. The minimum Gasteiger partial charge on any atom is -0.463 e. The fourth-order valence-corrected chi connectivity index (χ4v) is 5.30.